The first kappa shape index (κ1) is 15.4. The molecule has 0 aliphatic carbocycles. The van der Waals surface area contributed by atoms with Crippen molar-refractivity contribution >= 4 is 43.7 Å². The molecular weight excluding hydrogens is 390 g/mol. The standard InChI is InChI=1S/C15H10Cl2N2O2Se/c1-8-13(15(20)21)18-19(14(8)12-3-2-6-22-12)11-5-4-9(16)7-10(11)17/h2-7H,1H3,(H,20,21). The van der Waals surface area contributed by atoms with Gasteiger partial charge in [-0.2, -0.15) is 0 Å². The van der Waals surface area contributed by atoms with Gasteiger partial charge in [0.25, 0.3) is 0 Å². The van der Waals surface area contributed by atoms with Crippen molar-refractivity contribution < 1.29 is 9.90 Å². The Kier molecular flexibility index (Phi) is 4.15. The molecule has 2 heterocycles. The van der Waals surface area contributed by atoms with Crippen LogP contribution in [-0.2, 0) is 0 Å². The second-order valence-electron chi connectivity index (χ2n) is 4.61. The Morgan fingerprint density at radius 2 is 2.09 bits per heavy atom. The molecule has 22 heavy (non-hydrogen) atoms. The summed E-state index contributed by atoms with van der Waals surface area (Å²) in [5.41, 5.74) is 2.06. The molecule has 3 rings (SSSR count). The van der Waals surface area contributed by atoms with Gasteiger partial charge in [0.15, 0.2) is 0 Å². The van der Waals surface area contributed by atoms with Gasteiger partial charge in [-0.1, -0.05) is 0 Å². The van der Waals surface area contributed by atoms with Gasteiger partial charge >= 0.3 is 143 Å². The van der Waals surface area contributed by atoms with E-state index < -0.39 is 5.97 Å². The Balaban J connectivity index is 2.31. The predicted octanol–water partition coefficient (Wildman–Crippen LogP) is 3.91. The summed E-state index contributed by atoms with van der Waals surface area (Å²) in [6.07, 6.45) is 0. The van der Waals surface area contributed by atoms with Crippen LogP contribution in [0.5, 0.6) is 0 Å². The Morgan fingerprint density at radius 3 is 2.68 bits per heavy atom. The number of rotatable bonds is 3. The van der Waals surface area contributed by atoms with Crippen molar-refractivity contribution in [2.24, 2.45) is 0 Å². The van der Waals surface area contributed by atoms with Crippen LogP contribution in [0.3, 0.4) is 0 Å². The average Bonchev–Trinajstić information content (AvgIpc) is 3.06. The van der Waals surface area contributed by atoms with Crippen LogP contribution in [0, 0.1) is 6.92 Å². The maximum atomic E-state index is 11.4. The molecule has 1 N–H and O–H groups in total. The third-order valence-corrected chi connectivity index (χ3v) is 5.59. The van der Waals surface area contributed by atoms with E-state index in [1.54, 1.807) is 29.8 Å². The van der Waals surface area contributed by atoms with Gasteiger partial charge in [-0.25, -0.2) is 0 Å². The molecule has 0 saturated carbocycles. The van der Waals surface area contributed by atoms with Crippen LogP contribution in [0.1, 0.15) is 16.1 Å². The quantitative estimate of drug-likeness (QED) is 0.679. The zero-order chi connectivity index (χ0) is 15.9. The van der Waals surface area contributed by atoms with Gasteiger partial charge in [0.2, 0.25) is 0 Å². The zero-order valence-electron chi connectivity index (χ0n) is 11.4. The first-order valence-electron chi connectivity index (χ1n) is 6.31. The van der Waals surface area contributed by atoms with Crippen molar-refractivity contribution in [2.75, 3.05) is 0 Å². The Labute approximate surface area is 142 Å². The molecular formula is C15H10Cl2N2O2Se. The van der Waals surface area contributed by atoms with Crippen LogP contribution < -0.4 is 0 Å². The van der Waals surface area contributed by atoms with E-state index in [0.29, 0.717) is 21.3 Å². The molecule has 0 aliphatic heterocycles. The molecule has 0 radical (unpaired) electrons. The number of nitrogens with zero attached hydrogens (tertiary/aromatic N) is 2. The fourth-order valence-electron chi connectivity index (χ4n) is 2.23. The summed E-state index contributed by atoms with van der Waals surface area (Å²) in [5, 5.41) is 14.5. The molecule has 0 saturated heterocycles. The summed E-state index contributed by atoms with van der Waals surface area (Å²) in [5.74, 6) is -1.05. The molecule has 3 aromatic rings. The van der Waals surface area contributed by atoms with Crippen molar-refractivity contribution in [1.82, 2.24) is 9.78 Å². The Morgan fingerprint density at radius 1 is 1.32 bits per heavy atom. The van der Waals surface area contributed by atoms with Crippen LogP contribution in [-0.4, -0.2) is 35.4 Å². The van der Waals surface area contributed by atoms with E-state index in [0.717, 1.165) is 10.1 Å². The summed E-state index contributed by atoms with van der Waals surface area (Å²) in [4.78, 5) is 13.5. The molecule has 0 unspecified atom stereocenters. The zero-order valence-corrected chi connectivity index (χ0v) is 14.6. The maximum absolute atomic E-state index is 11.4. The number of aromatic carboxylic acids is 1. The molecule has 0 spiro atoms. The Hall–Kier alpha value is -1.52. The molecule has 7 heteroatoms. The van der Waals surface area contributed by atoms with Crippen LogP contribution >= 0.6 is 23.2 Å². The Bertz CT molecular complexity index is 857. The van der Waals surface area contributed by atoms with Crippen LogP contribution in [0.2, 0.25) is 10.0 Å². The number of carboxylic acids is 1. The molecule has 0 amide bonds. The van der Waals surface area contributed by atoms with Gasteiger partial charge in [-0.05, 0) is 0 Å². The second-order valence-corrected chi connectivity index (χ2v) is 7.44. The van der Waals surface area contributed by atoms with E-state index in [1.165, 1.54) is 0 Å². The summed E-state index contributed by atoms with van der Waals surface area (Å²) in [7, 11) is 0. The number of aromatic nitrogens is 2. The van der Waals surface area contributed by atoms with Crippen LogP contribution in [0.15, 0.2) is 35.3 Å². The number of hydrogen-bond acceptors (Lipinski definition) is 2. The van der Waals surface area contributed by atoms with E-state index in [2.05, 4.69) is 10.0 Å². The molecule has 1 aromatic carbocycles. The minimum atomic E-state index is -1.05. The summed E-state index contributed by atoms with van der Waals surface area (Å²) >= 11 is 12.3. The molecule has 112 valence electrons. The number of halogens is 2. The van der Waals surface area contributed by atoms with Crippen molar-refractivity contribution in [3.05, 3.63) is 56.6 Å². The third-order valence-electron chi connectivity index (χ3n) is 3.22. The van der Waals surface area contributed by atoms with E-state index in [-0.39, 0.29) is 20.2 Å². The number of carbonyl (C=O) groups is 1. The van der Waals surface area contributed by atoms with Crippen molar-refractivity contribution in [3.63, 3.8) is 0 Å². The summed E-state index contributed by atoms with van der Waals surface area (Å²) in [6, 6.07) is 9.01. The normalized spacial score (nSPS) is 10.9. The third kappa shape index (κ3) is 2.61. The SMILES string of the molecule is Cc1c(C(=O)O)nn(-c2ccc(Cl)cc2Cl)c1-c1ccc[se]1. The van der Waals surface area contributed by atoms with Crippen LogP contribution in [0.25, 0.3) is 15.8 Å². The van der Waals surface area contributed by atoms with Crippen molar-refractivity contribution in [3.8, 4) is 15.8 Å². The van der Waals surface area contributed by atoms with Gasteiger partial charge in [-0.15, -0.1) is 0 Å². The van der Waals surface area contributed by atoms with E-state index in [4.69, 9.17) is 23.2 Å². The van der Waals surface area contributed by atoms with Crippen molar-refractivity contribution in [2.45, 2.75) is 6.92 Å². The minimum absolute atomic E-state index is 0.0321. The molecule has 4 nitrogen and oxygen atoms in total. The van der Waals surface area contributed by atoms with Crippen LogP contribution in [0.4, 0.5) is 0 Å². The fraction of sp³-hybridized carbons (Fsp3) is 0.0667. The van der Waals surface area contributed by atoms with Gasteiger partial charge < -0.3 is 0 Å². The molecule has 0 bridgehead atoms. The number of carboxylic acid groups (broad SMARTS) is 1. The molecule has 0 aliphatic rings. The fourth-order valence-corrected chi connectivity index (χ4v) is 4.42. The number of hydrogen-bond donors (Lipinski definition) is 1. The monoisotopic (exact) mass is 400 g/mol. The second kappa shape index (κ2) is 5.93. The molecule has 2 aromatic heterocycles. The number of benzene rings is 1. The summed E-state index contributed by atoms with van der Waals surface area (Å²) < 4.78 is 2.66. The van der Waals surface area contributed by atoms with E-state index in [1.807, 2.05) is 12.1 Å². The van der Waals surface area contributed by atoms with Gasteiger partial charge in [0.05, 0.1) is 0 Å². The van der Waals surface area contributed by atoms with Crippen molar-refractivity contribution in [1.29, 1.82) is 0 Å². The summed E-state index contributed by atoms with van der Waals surface area (Å²) in [6.45, 7) is 1.77. The van der Waals surface area contributed by atoms with E-state index in [9.17, 15) is 9.90 Å². The molecule has 0 atom stereocenters. The van der Waals surface area contributed by atoms with Gasteiger partial charge in [0.1, 0.15) is 0 Å². The first-order valence-corrected chi connectivity index (χ1v) is 8.91. The molecule has 0 fully saturated rings. The average molecular weight is 400 g/mol. The van der Waals surface area contributed by atoms with E-state index >= 15 is 0 Å². The predicted molar refractivity (Wildman–Crippen MR) is 87.7 cm³/mol. The topological polar surface area (TPSA) is 55.1 Å². The van der Waals surface area contributed by atoms with Gasteiger partial charge in [0, 0.05) is 0 Å². The first-order chi connectivity index (χ1) is 10.5. The van der Waals surface area contributed by atoms with Gasteiger partial charge in [-0.3, -0.25) is 0 Å².